The molecule has 1 heterocycles. The first kappa shape index (κ1) is 11.3. The predicted molar refractivity (Wildman–Crippen MR) is 68.8 cm³/mol. The molecular weight excluding hydrogens is 212 g/mol. The number of aryl methyl sites for hydroxylation is 1. The van der Waals surface area contributed by atoms with E-state index in [4.69, 9.17) is 6.42 Å². The molecule has 3 nitrogen and oxygen atoms in total. The van der Waals surface area contributed by atoms with Crippen molar-refractivity contribution in [1.29, 1.82) is 0 Å². The van der Waals surface area contributed by atoms with Gasteiger partial charge in [-0.05, 0) is 13.0 Å². The summed E-state index contributed by atoms with van der Waals surface area (Å²) in [6.07, 6.45) is 7.00. The molecule has 0 aliphatic carbocycles. The van der Waals surface area contributed by atoms with Crippen LogP contribution in [-0.4, -0.2) is 17.0 Å². The molecule has 0 fully saturated rings. The molecule has 0 radical (unpaired) electrons. The van der Waals surface area contributed by atoms with Gasteiger partial charge >= 0.3 is 0 Å². The summed E-state index contributed by atoms with van der Waals surface area (Å²) in [5, 5.41) is 3.65. The van der Waals surface area contributed by atoms with E-state index in [0.29, 0.717) is 5.56 Å². The number of amides is 1. The average Bonchev–Trinajstić information content (AvgIpc) is 2.75. The SMILES string of the molecule is C#CCNC(=O)c1cn(CC)c2ccccc12. The van der Waals surface area contributed by atoms with Crippen LogP contribution in [-0.2, 0) is 6.54 Å². The molecule has 2 rings (SSSR count). The van der Waals surface area contributed by atoms with Crippen LogP contribution in [0.4, 0.5) is 0 Å². The fraction of sp³-hybridized carbons (Fsp3) is 0.214. The third-order valence-corrected chi connectivity index (χ3v) is 2.72. The Balaban J connectivity index is 2.48. The summed E-state index contributed by atoms with van der Waals surface area (Å²) < 4.78 is 2.06. The van der Waals surface area contributed by atoms with Crippen LogP contribution >= 0.6 is 0 Å². The number of rotatable bonds is 3. The van der Waals surface area contributed by atoms with Crippen molar-refractivity contribution in [3.05, 3.63) is 36.0 Å². The predicted octanol–water partition coefficient (Wildman–Crippen LogP) is 2.02. The van der Waals surface area contributed by atoms with Crippen molar-refractivity contribution in [3.8, 4) is 12.3 Å². The van der Waals surface area contributed by atoms with Crippen molar-refractivity contribution >= 4 is 16.8 Å². The van der Waals surface area contributed by atoms with E-state index < -0.39 is 0 Å². The second-order valence-electron chi connectivity index (χ2n) is 3.73. The van der Waals surface area contributed by atoms with Gasteiger partial charge in [-0.15, -0.1) is 6.42 Å². The summed E-state index contributed by atoms with van der Waals surface area (Å²) in [4.78, 5) is 11.9. The Morgan fingerprint density at radius 2 is 2.24 bits per heavy atom. The summed E-state index contributed by atoms with van der Waals surface area (Å²) >= 11 is 0. The van der Waals surface area contributed by atoms with Gasteiger partial charge in [0, 0.05) is 23.6 Å². The zero-order valence-electron chi connectivity index (χ0n) is 9.73. The molecule has 0 saturated heterocycles. The highest BCUT2D eigenvalue weighted by molar-refractivity contribution is 6.07. The number of carbonyl (C=O) groups is 1. The fourth-order valence-corrected chi connectivity index (χ4v) is 1.92. The lowest BCUT2D eigenvalue weighted by Crippen LogP contribution is -2.23. The Morgan fingerprint density at radius 3 is 2.94 bits per heavy atom. The Hall–Kier alpha value is -2.21. The molecule has 0 aliphatic rings. The maximum atomic E-state index is 11.9. The smallest absolute Gasteiger partial charge is 0.254 e. The van der Waals surface area contributed by atoms with E-state index in [9.17, 15) is 4.79 Å². The minimum absolute atomic E-state index is 0.119. The summed E-state index contributed by atoms with van der Waals surface area (Å²) in [6, 6.07) is 7.86. The van der Waals surface area contributed by atoms with Crippen molar-refractivity contribution in [2.75, 3.05) is 6.54 Å². The zero-order chi connectivity index (χ0) is 12.3. The first-order valence-corrected chi connectivity index (χ1v) is 5.57. The molecule has 3 heteroatoms. The van der Waals surface area contributed by atoms with Crippen molar-refractivity contribution in [2.45, 2.75) is 13.5 Å². The minimum Gasteiger partial charge on any atom is -0.347 e. The normalized spacial score (nSPS) is 10.1. The molecule has 1 aromatic carbocycles. The van der Waals surface area contributed by atoms with Crippen LogP contribution in [0, 0.1) is 12.3 Å². The van der Waals surface area contributed by atoms with E-state index in [-0.39, 0.29) is 12.5 Å². The average molecular weight is 226 g/mol. The van der Waals surface area contributed by atoms with Gasteiger partial charge in [-0.1, -0.05) is 24.1 Å². The van der Waals surface area contributed by atoms with Gasteiger partial charge < -0.3 is 9.88 Å². The van der Waals surface area contributed by atoms with Gasteiger partial charge in [-0.3, -0.25) is 4.79 Å². The van der Waals surface area contributed by atoms with Gasteiger partial charge in [-0.25, -0.2) is 0 Å². The van der Waals surface area contributed by atoms with Crippen LogP contribution in [0.15, 0.2) is 30.5 Å². The number of benzene rings is 1. The first-order valence-electron chi connectivity index (χ1n) is 5.57. The number of para-hydroxylation sites is 1. The molecule has 86 valence electrons. The second-order valence-corrected chi connectivity index (χ2v) is 3.73. The number of aromatic nitrogens is 1. The van der Waals surface area contributed by atoms with E-state index in [0.717, 1.165) is 17.4 Å². The minimum atomic E-state index is -0.119. The van der Waals surface area contributed by atoms with E-state index in [1.807, 2.05) is 30.5 Å². The topological polar surface area (TPSA) is 34.0 Å². The number of fused-ring (bicyclic) bond motifs is 1. The number of hydrogen-bond donors (Lipinski definition) is 1. The summed E-state index contributed by atoms with van der Waals surface area (Å²) in [6.45, 7) is 3.14. The van der Waals surface area contributed by atoms with Crippen LogP contribution in [0.1, 0.15) is 17.3 Å². The Morgan fingerprint density at radius 1 is 1.47 bits per heavy atom. The van der Waals surface area contributed by atoms with E-state index in [1.54, 1.807) is 0 Å². The van der Waals surface area contributed by atoms with Crippen LogP contribution in [0.2, 0.25) is 0 Å². The summed E-state index contributed by atoms with van der Waals surface area (Å²) in [7, 11) is 0. The molecule has 2 aromatic rings. The molecule has 0 spiro atoms. The van der Waals surface area contributed by atoms with Gasteiger partial charge in [-0.2, -0.15) is 0 Å². The Kier molecular flexibility index (Phi) is 3.15. The lowest BCUT2D eigenvalue weighted by Gasteiger charge is -1.98. The zero-order valence-corrected chi connectivity index (χ0v) is 9.73. The van der Waals surface area contributed by atoms with Crippen molar-refractivity contribution in [3.63, 3.8) is 0 Å². The maximum Gasteiger partial charge on any atom is 0.254 e. The molecule has 1 amide bonds. The monoisotopic (exact) mass is 226 g/mol. The fourth-order valence-electron chi connectivity index (χ4n) is 1.92. The molecule has 0 saturated carbocycles. The highest BCUT2D eigenvalue weighted by Crippen LogP contribution is 2.21. The number of carbonyl (C=O) groups excluding carboxylic acids is 1. The molecular formula is C14H14N2O. The standard InChI is InChI=1S/C14H14N2O/c1-3-9-15-14(17)12-10-16(4-2)13-8-6-5-7-11(12)13/h1,5-8,10H,4,9H2,2H3,(H,15,17). The van der Waals surface area contributed by atoms with Crippen molar-refractivity contribution < 1.29 is 4.79 Å². The van der Waals surface area contributed by atoms with Gasteiger partial charge in [0.05, 0.1) is 12.1 Å². The highest BCUT2D eigenvalue weighted by atomic mass is 16.1. The lowest BCUT2D eigenvalue weighted by atomic mass is 10.1. The third-order valence-electron chi connectivity index (χ3n) is 2.72. The Labute approximate surface area is 100 Å². The summed E-state index contributed by atoms with van der Waals surface area (Å²) in [5.41, 5.74) is 1.75. The van der Waals surface area contributed by atoms with E-state index >= 15 is 0 Å². The number of nitrogens with one attached hydrogen (secondary N) is 1. The number of hydrogen-bond acceptors (Lipinski definition) is 1. The molecule has 1 N–H and O–H groups in total. The molecule has 0 unspecified atom stereocenters. The number of nitrogens with zero attached hydrogens (tertiary/aromatic N) is 1. The molecule has 17 heavy (non-hydrogen) atoms. The third kappa shape index (κ3) is 2.02. The second kappa shape index (κ2) is 4.75. The summed E-state index contributed by atoms with van der Waals surface area (Å²) in [5.74, 6) is 2.28. The van der Waals surface area contributed by atoms with E-state index in [2.05, 4.69) is 22.7 Å². The quantitative estimate of drug-likeness (QED) is 0.798. The number of terminal acetylenes is 1. The van der Waals surface area contributed by atoms with Crippen molar-refractivity contribution in [2.24, 2.45) is 0 Å². The molecule has 0 aliphatic heterocycles. The highest BCUT2D eigenvalue weighted by Gasteiger charge is 2.13. The van der Waals surface area contributed by atoms with Gasteiger partial charge in [0.25, 0.3) is 5.91 Å². The van der Waals surface area contributed by atoms with Crippen LogP contribution in [0.25, 0.3) is 10.9 Å². The molecule has 1 aromatic heterocycles. The first-order chi connectivity index (χ1) is 8.27. The van der Waals surface area contributed by atoms with Crippen LogP contribution in [0.5, 0.6) is 0 Å². The largest absolute Gasteiger partial charge is 0.347 e. The van der Waals surface area contributed by atoms with Gasteiger partial charge in [0.1, 0.15) is 0 Å². The van der Waals surface area contributed by atoms with Gasteiger partial charge in [0.2, 0.25) is 0 Å². The lowest BCUT2D eigenvalue weighted by molar-refractivity contribution is 0.0960. The van der Waals surface area contributed by atoms with Gasteiger partial charge in [0.15, 0.2) is 0 Å². The van der Waals surface area contributed by atoms with Crippen molar-refractivity contribution in [1.82, 2.24) is 9.88 Å². The van der Waals surface area contributed by atoms with Crippen LogP contribution < -0.4 is 5.32 Å². The maximum absolute atomic E-state index is 11.9. The molecule has 0 atom stereocenters. The van der Waals surface area contributed by atoms with E-state index in [1.165, 1.54) is 0 Å². The van der Waals surface area contributed by atoms with Crippen LogP contribution in [0.3, 0.4) is 0 Å². The molecule has 0 bridgehead atoms. The Bertz CT molecular complexity index is 590.